The molecule has 0 saturated heterocycles. The number of halogens is 2. The maximum absolute atomic E-state index is 6.24. The highest BCUT2D eigenvalue weighted by atomic mass is 35.7. The molecule has 0 amide bonds. The first-order chi connectivity index (χ1) is 6.05. The zero-order valence-corrected chi connectivity index (χ0v) is 10.4. The molecule has 0 fully saturated rings. The molecule has 13 heavy (non-hydrogen) atoms. The summed E-state index contributed by atoms with van der Waals surface area (Å²) < 4.78 is 0. The summed E-state index contributed by atoms with van der Waals surface area (Å²) in [6.45, 7) is 2.03. The van der Waals surface area contributed by atoms with Gasteiger partial charge in [0.2, 0.25) is 0 Å². The molecule has 3 heteroatoms. The van der Waals surface area contributed by atoms with Gasteiger partial charge in [-0.3, -0.25) is 0 Å². The van der Waals surface area contributed by atoms with Crippen LogP contribution in [0.2, 0.25) is 6.55 Å². The quantitative estimate of drug-likeness (QED) is 0.540. The minimum atomic E-state index is -2.08. The fourth-order valence-electron chi connectivity index (χ4n) is 1.57. The van der Waals surface area contributed by atoms with Gasteiger partial charge in [0, 0.05) is 5.54 Å². The average molecular weight is 233 g/mol. The highest BCUT2D eigenvalue weighted by molar-refractivity contribution is 7.45. The average Bonchev–Trinajstić information content (AvgIpc) is 2.05. The van der Waals surface area contributed by atoms with Crippen LogP contribution in [0.1, 0.15) is 24.4 Å². The highest BCUT2D eigenvalue weighted by Gasteiger charge is 2.32. The van der Waals surface area contributed by atoms with Crippen molar-refractivity contribution in [2.24, 2.45) is 0 Å². The first-order valence-corrected chi connectivity index (χ1v) is 9.08. The van der Waals surface area contributed by atoms with Gasteiger partial charge in [-0.05, 0) is 18.5 Å². The van der Waals surface area contributed by atoms with E-state index >= 15 is 0 Å². The standard InChI is InChI=1S/C10H14Cl2Si/c1-3-10(13(2,11)12)9-7-5-4-6-8-9/h4-8,10H,3H2,1-2H3. The van der Waals surface area contributed by atoms with E-state index in [1.54, 1.807) is 0 Å². The van der Waals surface area contributed by atoms with Crippen LogP contribution in [0.3, 0.4) is 0 Å². The van der Waals surface area contributed by atoms with Gasteiger partial charge in [0.25, 0.3) is 6.69 Å². The molecule has 0 aliphatic carbocycles. The molecule has 0 radical (unpaired) electrons. The molecule has 0 N–H and O–H groups in total. The van der Waals surface area contributed by atoms with Crippen LogP contribution in [0.4, 0.5) is 0 Å². The van der Waals surface area contributed by atoms with Crippen LogP contribution in [0.15, 0.2) is 30.3 Å². The molecule has 0 bridgehead atoms. The number of hydrogen-bond donors (Lipinski definition) is 0. The van der Waals surface area contributed by atoms with Gasteiger partial charge >= 0.3 is 0 Å². The summed E-state index contributed by atoms with van der Waals surface area (Å²) >= 11 is 12.5. The summed E-state index contributed by atoms with van der Waals surface area (Å²) in [5.41, 5.74) is 1.61. The van der Waals surface area contributed by atoms with Crippen LogP contribution in [0.25, 0.3) is 0 Å². The Morgan fingerprint density at radius 3 is 2.15 bits per heavy atom. The van der Waals surface area contributed by atoms with Gasteiger partial charge in [-0.15, -0.1) is 22.2 Å². The maximum atomic E-state index is 6.24. The zero-order valence-electron chi connectivity index (χ0n) is 7.93. The van der Waals surface area contributed by atoms with Crippen LogP contribution in [-0.4, -0.2) is 6.69 Å². The highest BCUT2D eigenvalue weighted by Crippen LogP contribution is 2.35. The number of rotatable bonds is 3. The SMILES string of the molecule is CCC(c1ccccc1)[Si](C)(Cl)Cl. The molecular formula is C10H14Cl2Si. The lowest BCUT2D eigenvalue weighted by atomic mass is 10.1. The molecule has 0 aliphatic rings. The molecule has 72 valence electrons. The second-order valence-corrected chi connectivity index (χ2v) is 11.2. The first kappa shape index (κ1) is 11.1. The second kappa shape index (κ2) is 4.49. The van der Waals surface area contributed by atoms with E-state index in [-0.39, 0.29) is 0 Å². The molecule has 0 saturated carbocycles. The molecule has 1 aromatic carbocycles. The third-order valence-corrected chi connectivity index (χ3v) is 5.77. The zero-order chi connectivity index (χ0) is 9.90. The Balaban J connectivity index is 2.92. The molecule has 0 spiro atoms. The molecule has 1 aromatic rings. The Morgan fingerprint density at radius 1 is 1.23 bits per heavy atom. The fourth-order valence-corrected chi connectivity index (χ4v) is 4.75. The Bertz CT molecular complexity index is 253. The van der Waals surface area contributed by atoms with Crippen LogP contribution < -0.4 is 0 Å². The summed E-state index contributed by atoms with van der Waals surface area (Å²) in [6.07, 6.45) is 1.01. The molecule has 0 aromatic heterocycles. The largest absolute Gasteiger partial charge is 0.255 e. The van der Waals surface area contributed by atoms with Gasteiger partial charge in [-0.1, -0.05) is 37.3 Å². The van der Waals surface area contributed by atoms with E-state index in [9.17, 15) is 0 Å². The summed E-state index contributed by atoms with van der Waals surface area (Å²) in [4.78, 5) is 0. The van der Waals surface area contributed by atoms with E-state index in [1.165, 1.54) is 5.56 Å². The molecule has 0 aliphatic heterocycles. The fraction of sp³-hybridized carbons (Fsp3) is 0.400. The summed E-state index contributed by atoms with van der Waals surface area (Å²) in [5.74, 6) is 0. The van der Waals surface area contributed by atoms with Gasteiger partial charge < -0.3 is 0 Å². The normalized spacial score (nSPS) is 14.2. The topological polar surface area (TPSA) is 0 Å². The van der Waals surface area contributed by atoms with Crippen molar-refractivity contribution in [3.8, 4) is 0 Å². The minimum absolute atomic E-state index is 0.344. The van der Waals surface area contributed by atoms with Crippen molar-refractivity contribution in [2.75, 3.05) is 0 Å². The Hall–Kier alpha value is 0.0169. The van der Waals surface area contributed by atoms with E-state index in [0.717, 1.165) is 6.42 Å². The molecule has 0 nitrogen and oxygen atoms in total. The Labute approximate surface area is 90.3 Å². The summed E-state index contributed by atoms with van der Waals surface area (Å²) in [5, 5.41) is 0. The van der Waals surface area contributed by atoms with Gasteiger partial charge in [-0.25, -0.2) is 0 Å². The van der Waals surface area contributed by atoms with Crippen molar-refractivity contribution in [3.05, 3.63) is 35.9 Å². The van der Waals surface area contributed by atoms with E-state index in [2.05, 4.69) is 19.1 Å². The van der Waals surface area contributed by atoms with Gasteiger partial charge in [0.15, 0.2) is 0 Å². The lowest BCUT2D eigenvalue weighted by Gasteiger charge is -2.22. The third-order valence-electron chi connectivity index (χ3n) is 2.22. The molecular weight excluding hydrogens is 219 g/mol. The van der Waals surface area contributed by atoms with Crippen molar-refractivity contribution in [1.29, 1.82) is 0 Å². The van der Waals surface area contributed by atoms with Crippen molar-refractivity contribution >= 4 is 28.9 Å². The molecule has 1 atom stereocenters. The predicted octanol–water partition coefficient (Wildman–Crippen LogP) is 4.27. The Kier molecular flexibility index (Phi) is 3.83. The molecule has 1 unspecified atom stereocenters. The van der Waals surface area contributed by atoms with Crippen LogP contribution in [-0.2, 0) is 0 Å². The van der Waals surface area contributed by atoms with Crippen LogP contribution in [0.5, 0.6) is 0 Å². The van der Waals surface area contributed by atoms with E-state index < -0.39 is 6.69 Å². The van der Waals surface area contributed by atoms with E-state index in [0.29, 0.717) is 5.54 Å². The van der Waals surface area contributed by atoms with Crippen molar-refractivity contribution in [3.63, 3.8) is 0 Å². The monoisotopic (exact) mass is 232 g/mol. The van der Waals surface area contributed by atoms with Gasteiger partial charge in [0.1, 0.15) is 0 Å². The smallest absolute Gasteiger partial charge is 0.145 e. The predicted molar refractivity (Wildman–Crippen MR) is 62.8 cm³/mol. The van der Waals surface area contributed by atoms with Crippen molar-refractivity contribution < 1.29 is 0 Å². The minimum Gasteiger partial charge on any atom is -0.145 e. The van der Waals surface area contributed by atoms with Crippen LogP contribution >= 0.6 is 22.2 Å². The molecule has 1 rings (SSSR count). The molecule has 0 heterocycles. The Morgan fingerprint density at radius 2 is 1.77 bits per heavy atom. The van der Waals surface area contributed by atoms with E-state index in [4.69, 9.17) is 22.2 Å². The van der Waals surface area contributed by atoms with Gasteiger partial charge in [-0.2, -0.15) is 0 Å². The summed E-state index contributed by atoms with van der Waals surface area (Å²) in [6, 6.07) is 10.3. The third kappa shape index (κ3) is 3.01. The van der Waals surface area contributed by atoms with Crippen LogP contribution in [0, 0.1) is 0 Å². The number of hydrogen-bond acceptors (Lipinski definition) is 0. The van der Waals surface area contributed by atoms with Crippen molar-refractivity contribution in [1.82, 2.24) is 0 Å². The lowest BCUT2D eigenvalue weighted by molar-refractivity contribution is 0.864. The van der Waals surface area contributed by atoms with E-state index in [1.807, 2.05) is 24.7 Å². The number of benzene rings is 1. The summed E-state index contributed by atoms with van der Waals surface area (Å²) in [7, 11) is 0. The first-order valence-electron chi connectivity index (χ1n) is 4.48. The van der Waals surface area contributed by atoms with Gasteiger partial charge in [0.05, 0.1) is 0 Å². The maximum Gasteiger partial charge on any atom is 0.255 e. The van der Waals surface area contributed by atoms with Crippen molar-refractivity contribution in [2.45, 2.75) is 25.4 Å². The second-order valence-electron chi connectivity index (χ2n) is 3.33. The lowest BCUT2D eigenvalue weighted by Crippen LogP contribution is -2.25.